The minimum absolute atomic E-state index is 0.574. The number of allylic oxidation sites excluding steroid dienone is 1. The number of nitrogens with zero attached hydrogens (tertiary/aromatic N) is 2. The zero-order chi connectivity index (χ0) is 8.69. The lowest BCUT2D eigenvalue weighted by molar-refractivity contribution is 0.310. The third-order valence-electron chi connectivity index (χ3n) is 1.09. The van der Waals surface area contributed by atoms with Gasteiger partial charge in [-0.3, -0.25) is 4.99 Å². The van der Waals surface area contributed by atoms with E-state index < -0.39 is 0 Å². The smallest absolute Gasteiger partial charge is 0.178 e. The van der Waals surface area contributed by atoms with Crippen LogP contribution in [-0.2, 0) is 4.74 Å². The summed E-state index contributed by atoms with van der Waals surface area (Å²) in [4.78, 5) is 7.49. The predicted octanol–water partition coefficient (Wildman–Crippen LogP) is 0.422. The van der Waals surface area contributed by atoms with Gasteiger partial charge in [0.1, 0.15) is 0 Å². The standard InChI is InChI=1S/C7H13N3O/c1-8-5-6(11-4)7(9-2)10-3/h5,10H,2H2,1,3-4H3/b7-6-,8-5?. The third kappa shape index (κ3) is 2.84. The number of hydrogen-bond donors (Lipinski definition) is 1. The van der Waals surface area contributed by atoms with Crippen LogP contribution >= 0.6 is 0 Å². The lowest BCUT2D eigenvalue weighted by Gasteiger charge is -2.04. The maximum absolute atomic E-state index is 4.97. The quantitative estimate of drug-likeness (QED) is 0.472. The molecule has 0 radical (unpaired) electrons. The van der Waals surface area contributed by atoms with Gasteiger partial charge in [-0.05, 0) is 6.72 Å². The van der Waals surface area contributed by atoms with Crippen LogP contribution in [0.1, 0.15) is 0 Å². The van der Waals surface area contributed by atoms with E-state index in [9.17, 15) is 0 Å². The average Bonchev–Trinajstić information content (AvgIpc) is 2.05. The molecule has 11 heavy (non-hydrogen) atoms. The van der Waals surface area contributed by atoms with Crippen molar-refractivity contribution >= 4 is 12.9 Å². The predicted molar refractivity (Wildman–Crippen MR) is 47.1 cm³/mol. The molecular weight excluding hydrogens is 142 g/mol. The minimum atomic E-state index is 0.574. The van der Waals surface area contributed by atoms with Crippen LogP contribution in [0, 0.1) is 0 Å². The Morgan fingerprint density at radius 2 is 2.27 bits per heavy atom. The van der Waals surface area contributed by atoms with E-state index in [1.54, 1.807) is 27.4 Å². The monoisotopic (exact) mass is 155 g/mol. The molecule has 0 aliphatic rings. The molecule has 4 nitrogen and oxygen atoms in total. The molecule has 0 aliphatic carbocycles. The van der Waals surface area contributed by atoms with Crippen LogP contribution < -0.4 is 5.32 Å². The number of rotatable bonds is 4. The second kappa shape index (κ2) is 5.46. The molecule has 0 saturated carbocycles. The molecule has 0 bridgehead atoms. The highest BCUT2D eigenvalue weighted by Gasteiger charge is 1.98. The van der Waals surface area contributed by atoms with E-state index in [0.29, 0.717) is 11.6 Å². The summed E-state index contributed by atoms with van der Waals surface area (Å²) in [5.41, 5.74) is 0. The van der Waals surface area contributed by atoms with Gasteiger partial charge in [0.05, 0.1) is 13.3 Å². The number of nitrogens with one attached hydrogen (secondary N) is 1. The first-order valence-electron chi connectivity index (χ1n) is 3.15. The normalized spacial score (nSPS) is 12.6. The molecule has 0 atom stereocenters. The largest absolute Gasteiger partial charge is 0.491 e. The van der Waals surface area contributed by atoms with E-state index in [0.717, 1.165) is 0 Å². The van der Waals surface area contributed by atoms with E-state index in [1.807, 2.05) is 0 Å². The summed E-state index contributed by atoms with van der Waals surface area (Å²) in [6, 6.07) is 0. The van der Waals surface area contributed by atoms with E-state index in [-0.39, 0.29) is 0 Å². The maximum atomic E-state index is 4.97. The highest BCUT2D eigenvalue weighted by molar-refractivity contribution is 5.76. The van der Waals surface area contributed by atoms with Gasteiger partial charge in [-0.25, -0.2) is 4.99 Å². The summed E-state index contributed by atoms with van der Waals surface area (Å²) in [7, 11) is 4.96. The Labute approximate surface area is 66.7 Å². The van der Waals surface area contributed by atoms with Gasteiger partial charge in [0.25, 0.3) is 0 Å². The highest BCUT2D eigenvalue weighted by atomic mass is 16.5. The lowest BCUT2D eigenvalue weighted by atomic mass is 10.5. The van der Waals surface area contributed by atoms with E-state index >= 15 is 0 Å². The molecule has 0 amide bonds. The lowest BCUT2D eigenvalue weighted by Crippen LogP contribution is -2.08. The Morgan fingerprint density at radius 1 is 1.64 bits per heavy atom. The second-order valence-corrected chi connectivity index (χ2v) is 1.71. The van der Waals surface area contributed by atoms with Crippen LogP contribution in [-0.4, -0.2) is 34.1 Å². The molecule has 62 valence electrons. The molecular formula is C7H13N3O. The summed E-state index contributed by atoms with van der Waals surface area (Å²) >= 11 is 0. The summed E-state index contributed by atoms with van der Waals surface area (Å²) in [5.74, 6) is 1.16. The summed E-state index contributed by atoms with van der Waals surface area (Å²) < 4.78 is 4.97. The molecule has 0 saturated heterocycles. The molecule has 1 N–H and O–H groups in total. The van der Waals surface area contributed by atoms with Crippen LogP contribution in [0.15, 0.2) is 21.6 Å². The van der Waals surface area contributed by atoms with Crippen molar-refractivity contribution in [2.45, 2.75) is 0 Å². The molecule has 4 heteroatoms. The fourth-order valence-electron chi connectivity index (χ4n) is 0.608. The molecule has 0 heterocycles. The van der Waals surface area contributed by atoms with Gasteiger partial charge in [0.15, 0.2) is 11.6 Å². The van der Waals surface area contributed by atoms with Gasteiger partial charge in [-0.1, -0.05) is 0 Å². The minimum Gasteiger partial charge on any atom is -0.491 e. The Morgan fingerprint density at radius 3 is 2.55 bits per heavy atom. The number of methoxy groups -OCH3 is 1. The van der Waals surface area contributed by atoms with Crippen LogP contribution in [0.25, 0.3) is 0 Å². The van der Waals surface area contributed by atoms with E-state index in [4.69, 9.17) is 4.74 Å². The zero-order valence-corrected chi connectivity index (χ0v) is 7.09. The fourth-order valence-corrected chi connectivity index (χ4v) is 0.608. The maximum Gasteiger partial charge on any atom is 0.178 e. The van der Waals surface area contributed by atoms with Gasteiger partial charge < -0.3 is 10.1 Å². The van der Waals surface area contributed by atoms with Gasteiger partial charge in [-0.15, -0.1) is 0 Å². The van der Waals surface area contributed by atoms with E-state index in [1.165, 1.54) is 0 Å². The van der Waals surface area contributed by atoms with Gasteiger partial charge in [0, 0.05) is 14.1 Å². The van der Waals surface area contributed by atoms with Crippen molar-refractivity contribution in [2.24, 2.45) is 9.98 Å². The molecule has 0 aromatic heterocycles. The van der Waals surface area contributed by atoms with Gasteiger partial charge >= 0.3 is 0 Å². The first-order chi connectivity index (χ1) is 5.29. The van der Waals surface area contributed by atoms with Crippen molar-refractivity contribution in [1.29, 1.82) is 0 Å². The Bertz CT molecular complexity index is 184. The second-order valence-electron chi connectivity index (χ2n) is 1.71. The first-order valence-corrected chi connectivity index (χ1v) is 3.15. The van der Waals surface area contributed by atoms with Crippen molar-refractivity contribution in [3.63, 3.8) is 0 Å². The van der Waals surface area contributed by atoms with Crippen LogP contribution in [0.3, 0.4) is 0 Å². The molecule has 0 rings (SSSR count). The highest BCUT2D eigenvalue weighted by Crippen LogP contribution is 1.99. The van der Waals surface area contributed by atoms with Gasteiger partial charge in [-0.2, -0.15) is 0 Å². The topological polar surface area (TPSA) is 46.0 Å². The number of aliphatic imine (C=N–C) groups is 2. The zero-order valence-electron chi connectivity index (χ0n) is 7.09. The summed E-state index contributed by atoms with van der Waals surface area (Å²) in [6.07, 6.45) is 1.57. The van der Waals surface area contributed by atoms with Crippen molar-refractivity contribution in [2.75, 3.05) is 21.2 Å². The van der Waals surface area contributed by atoms with Gasteiger partial charge in [0.2, 0.25) is 0 Å². The fraction of sp³-hybridized carbons (Fsp3) is 0.429. The van der Waals surface area contributed by atoms with Crippen molar-refractivity contribution < 1.29 is 4.74 Å². The van der Waals surface area contributed by atoms with Crippen molar-refractivity contribution in [3.05, 3.63) is 11.6 Å². The SMILES string of the molecule is C=N/C(NC)=C(\C=NC)OC. The summed E-state index contributed by atoms with van der Waals surface area (Å²) in [5, 5.41) is 2.82. The van der Waals surface area contributed by atoms with Crippen LogP contribution in [0.5, 0.6) is 0 Å². The number of hydrogen-bond acceptors (Lipinski definition) is 4. The first kappa shape index (κ1) is 9.68. The Hall–Kier alpha value is -1.32. The Kier molecular flexibility index (Phi) is 4.81. The molecule has 0 unspecified atom stereocenters. The molecule has 0 spiro atoms. The molecule has 0 aromatic carbocycles. The van der Waals surface area contributed by atoms with Crippen LogP contribution in [0.2, 0.25) is 0 Å². The average molecular weight is 155 g/mol. The number of ether oxygens (including phenoxy) is 1. The van der Waals surface area contributed by atoms with Crippen molar-refractivity contribution in [3.8, 4) is 0 Å². The summed E-state index contributed by atoms with van der Waals surface area (Å²) in [6.45, 7) is 3.37. The van der Waals surface area contributed by atoms with E-state index in [2.05, 4.69) is 22.0 Å². The molecule has 0 aliphatic heterocycles. The molecule has 0 fully saturated rings. The molecule has 0 aromatic rings. The van der Waals surface area contributed by atoms with Crippen LogP contribution in [0.4, 0.5) is 0 Å². The van der Waals surface area contributed by atoms with Crippen molar-refractivity contribution in [1.82, 2.24) is 5.32 Å². The third-order valence-corrected chi connectivity index (χ3v) is 1.09. The Balaban J connectivity index is 4.61.